The van der Waals surface area contributed by atoms with Crippen molar-refractivity contribution in [3.8, 4) is 0 Å². The average molecular weight is 235 g/mol. The number of hydrogen-bond donors (Lipinski definition) is 0. The van der Waals surface area contributed by atoms with Crippen LogP contribution in [0.25, 0.3) is 0 Å². The number of alkyl halides is 1. The molecule has 1 unspecified atom stereocenters. The predicted molar refractivity (Wildman–Crippen MR) is 44.1 cm³/mol. The molecule has 0 heterocycles. The SMILES string of the molecule is O=CC(Br)c1cc(F)ccc1F. The molecule has 1 aromatic carbocycles. The standard InChI is InChI=1S/C8H5BrF2O/c9-7(4-12)6-3-5(10)1-2-8(6)11/h1-4,7H. The molecular weight excluding hydrogens is 230 g/mol. The normalized spacial score (nSPS) is 12.6. The van der Waals surface area contributed by atoms with Crippen molar-refractivity contribution in [2.75, 3.05) is 0 Å². The Bertz CT molecular complexity index is 301. The highest BCUT2D eigenvalue weighted by molar-refractivity contribution is 9.09. The first-order chi connectivity index (χ1) is 5.65. The topological polar surface area (TPSA) is 17.1 Å². The Labute approximate surface area is 76.5 Å². The van der Waals surface area contributed by atoms with E-state index in [4.69, 9.17) is 0 Å². The van der Waals surface area contributed by atoms with Crippen LogP contribution in [-0.4, -0.2) is 6.29 Å². The molecule has 1 rings (SSSR count). The van der Waals surface area contributed by atoms with Crippen LogP contribution in [0.4, 0.5) is 8.78 Å². The molecule has 1 nitrogen and oxygen atoms in total. The molecule has 0 bridgehead atoms. The van der Waals surface area contributed by atoms with E-state index in [1.807, 2.05) is 0 Å². The van der Waals surface area contributed by atoms with Gasteiger partial charge in [0.25, 0.3) is 0 Å². The monoisotopic (exact) mass is 234 g/mol. The predicted octanol–water partition coefficient (Wildman–Crippen LogP) is 2.60. The zero-order valence-electron chi connectivity index (χ0n) is 5.93. The molecule has 1 aromatic rings. The number of rotatable bonds is 2. The number of aldehydes is 1. The van der Waals surface area contributed by atoms with E-state index in [2.05, 4.69) is 15.9 Å². The molecule has 1 atom stereocenters. The molecule has 0 saturated carbocycles. The minimum atomic E-state index is -0.784. The first-order valence-electron chi connectivity index (χ1n) is 3.19. The van der Waals surface area contributed by atoms with Crippen molar-refractivity contribution in [3.05, 3.63) is 35.4 Å². The van der Waals surface area contributed by atoms with Gasteiger partial charge in [-0.1, -0.05) is 15.9 Å². The Morgan fingerprint density at radius 1 is 1.42 bits per heavy atom. The molecule has 0 spiro atoms. The van der Waals surface area contributed by atoms with Crippen LogP contribution in [0, 0.1) is 11.6 Å². The summed E-state index contributed by atoms with van der Waals surface area (Å²) in [5.41, 5.74) is 0.0185. The second kappa shape index (κ2) is 3.76. The van der Waals surface area contributed by atoms with E-state index in [1.54, 1.807) is 0 Å². The van der Waals surface area contributed by atoms with Gasteiger partial charge in [-0.2, -0.15) is 0 Å². The first-order valence-corrected chi connectivity index (χ1v) is 4.11. The Morgan fingerprint density at radius 3 is 2.67 bits per heavy atom. The van der Waals surface area contributed by atoms with Gasteiger partial charge < -0.3 is 4.79 Å². The van der Waals surface area contributed by atoms with Crippen molar-refractivity contribution in [2.24, 2.45) is 0 Å². The largest absolute Gasteiger partial charge is 0.302 e. The van der Waals surface area contributed by atoms with Gasteiger partial charge in [0.2, 0.25) is 0 Å². The number of carbonyl (C=O) groups is 1. The minimum Gasteiger partial charge on any atom is -0.302 e. The third-order valence-corrected chi connectivity index (χ3v) is 2.08. The Kier molecular flexibility index (Phi) is 2.92. The molecule has 0 radical (unpaired) electrons. The van der Waals surface area contributed by atoms with E-state index in [1.165, 1.54) is 0 Å². The number of carbonyl (C=O) groups excluding carboxylic acids is 1. The first kappa shape index (κ1) is 9.32. The van der Waals surface area contributed by atoms with Gasteiger partial charge >= 0.3 is 0 Å². The molecule has 0 aromatic heterocycles. The van der Waals surface area contributed by atoms with Crippen LogP contribution in [0.1, 0.15) is 10.4 Å². The van der Waals surface area contributed by atoms with Gasteiger partial charge in [0, 0.05) is 5.56 Å². The molecule has 0 fully saturated rings. The summed E-state index contributed by atoms with van der Waals surface area (Å²) in [4.78, 5) is 9.45. The molecule has 0 aliphatic heterocycles. The van der Waals surface area contributed by atoms with Crippen LogP contribution in [0.2, 0.25) is 0 Å². The van der Waals surface area contributed by atoms with E-state index in [9.17, 15) is 13.6 Å². The number of hydrogen-bond acceptors (Lipinski definition) is 1. The molecular formula is C8H5BrF2O. The summed E-state index contributed by atoms with van der Waals surface area (Å²) in [6.45, 7) is 0. The molecule has 0 amide bonds. The fourth-order valence-corrected chi connectivity index (χ4v) is 1.15. The summed E-state index contributed by atoms with van der Waals surface area (Å²) in [5.74, 6) is -1.15. The van der Waals surface area contributed by atoms with E-state index in [-0.39, 0.29) is 5.56 Å². The fourth-order valence-electron chi connectivity index (χ4n) is 0.799. The van der Waals surface area contributed by atoms with E-state index in [0.717, 1.165) is 18.2 Å². The van der Waals surface area contributed by atoms with Crippen molar-refractivity contribution in [3.63, 3.8) is 0 Å². The van der Waals surface area contributed by atoms with Gasteiger partial charge in [-0.25, -0.2) is 8.78 Å². The summed E-state index contributed by atoms with van der Waals surface area (Å²) in [6, 6.07) is 2.98. The van der Waals surface area contributed by atoms with Crippen LogP contribution < -0.4 is 0 Å². The van der Waals surface area contributed by atoms with Gasteiger partial charge in [0.05, 0.1) is 4.83 Å². The van der Waals surface area contributed by atoms with Crippen molar-refractivity contribution < 1.29 is 13.6 Å². The summed E-state index contributed by atoms with van der Waals surface area (Å²) in [6.07, 6.45) is 0.498. The zero-order valence-corrected chi connectivity index (χ0v) is 7.51. The molecule has 0 N–H and O–H groups in total. The van der Waals surface area contributed by atoms with Crippen molar-refractivity contribution in [2.45, 2.75) is 4.83 Å². The van der Waals surface area contributed by atoms with Gasteiger partial charge in [-0.05, 0) is 18.2 Å². The molecule has 0 aliphatic carbocycles. The molecule has 0 saturated heterocycles. The van der Waals surface area contributed by atoms with Crippen LogP contribution in [0.3, 0.4) is 0 Å². The van der Waals surface area contributed by atoms with Gasteiger partial charge in [-0.3, -0.25) is 0 Å². The van der Waals surface area contributed by atoms with Crippen LogP contribution in [0.5, 0.6) is 0 Å². The lowest BCUT2D eigenvalue weighted by Crippen LogP contribution is -1.95. The molecule has 12 heavy (non-hydrogen) atoms. The fraction of sp³-hybridized carbons (Fsp3) is 0.125. The maximum Gasteiger partial charge on any atom is 0.138 e. The van der Waals surface area contributed by atoms with Crippen LogP contribution in [0.15, 0.2) is 18.2 Å². The Balaban J connectivity index is 3.12. The highest BCUT2D eigenvalue weighted by Crippen LogP contribution is 2.23. The lowest BCUT2D eigenvalue weighted by Gasteiger charge is -2.03. The third kappa shape index (κ3) is 1.88. The molecule has 64 valence electrons. The van der Waals surface area contributed by atoms with Gasteiger partial charge in [0.15, 0.2) is 0 Å². The number of benzene rings is 1. The van der Waals surface area contributed by atoms with E-state index >= 15 is 0 Å². The second-order valence-electron chi connectivity index (χ2n) is 2.20. The summed E-state index contributed by atoms with van der Waals surface area (Å²) < 4.78 is 25.4. The van der Waals surface area contributed by atoms with Crippen LogP contribution >= 0.6 is 15.9 Å². The maximum atomic E-state index is 12.9. The maximum absolute atomic E-state index is 12.9. The smallest absolute Gasteiger partial charge is 0.138 e. The van der Waals surface area contributed by atoms with Crippen molar-refractivity contribution >= 4 is 22.2 Å². The van der Waals surface area contributed by atoms with Gasteiger partial charge in [-0.15, -0.1) is 0 Å². The summed E-state index contributed by atoms with van der Waals surface area (Å²) in [5, 5.41) is 0. The number of halogens is 3. The summed E-state index contributed by atoms with van der Waals surface area (Å²) >= 11 is 2.90. The van der Waals surface area contributed by atoms with Crippen molar-refractivity contribution in [1.29, 1.82) is 0 Å². The van der Waals surface area contributed by atoms with Gasteiger partial charge in [0.1, 0.15) is 17.9 Å². The Morgan fingerprint density at radius 2 is 2.08 bits per heavy atom. The molecule has 4 heteroatoms. The minimum absolute atomic E-state index is 0.0185. The summed E-state index contributed by atoms with van der Waals surface area (Å²) in [7, 11) is 0. The highest BCUT2D eigenvalue weighted by Gasteiger charge is 2.11. The second-order valence-corrected chi connectivity index (χ2v) is 3.19. The third-order valence-electron chi connectivity index (χ3n) is 1.37. The zero-order chi connectivity index (χ0) is 9.14. The van der Waals surface area contributed by atoms with Crippen molar-refractivity contribution in [1.82, 2.24) is 0 Å². The quantitative estimate of drug-likeness (QED) is 0.568. The highest BCUT2D eigenvalue weighted by atomic mass is 79.9. The van der Waals surface area contributed by atoms with E-state index < -0.39 is 16.5 Å². The average Bonchev–Trinajstić information content (AvgIpc) is 2.08. The van der Waals surface area contributed by atoms with E-state index in [0.29, 0.717) is 6.29 Å². The Hall–Kier alpha value is -0.770. The van der Waals surface area contributed by atoms with Crippen LogP contribution in [-0.2, 0) is 4.79 Å². The molecule has 0 aliphatic rings. The lowest BCUT2D eigenvalue weighted by atomic mass is 10.1. The lowest BCUT2D eigenvalue weighted by molar-refractivity contribution is -0.107.